The molecular weight excluding hydrogens is 1080 g/mol. The predicted octanol–water partition coefficient (Wildman–Crippen LogP) is 10.5. The van der Waals surface area contributed by atoms with Crippen molar-refractivity contribution in [1.82, 2.24) is 34.9 Å². The van der Waals surface area contributed by atoms with E-state index in [1.165, 1.54) is 11.3 Å². The second kappa shape index (κ2) is 23.3. The second-order valence-electron chi connectivity index (χ2n) is 25.2. The van der Waals surface area contributed by atoms with Gasteiger partial charge in [0.1, 0.15) is 29.6 Å². The lowest BCUT2D eigenvalue weighted by Crippen LogP contribution is -2.49. The summed E-state index contributed by atoms with van der Waals surface area (Å²) < 4.78 is 21.4. The number of rotatable bonds is 17. The Morgan fingerprint density at radius 1 is 0.916 bits per heavy atom. The van der Waals surface area contributed by atoms with Crippen LogP contribution in [-0.4, -0.2) is 119 Å². The average molecular weight is 1160 g/mol. The van der Waals surface area contributed by atoms with Gasteiger partial charge in [-0.15, -0.1) is 0 Å². The average Bonchev–Trinajstić information content (AvgIpc) is 4.01. The van der Waals surface area contributed by atoms with Crippen LogP contribution in [0.5, 0.6) is 5.75 Å². The molecule has 18 nitrogen and oxygen atoms in total. The van der Waals surface area contributed by atoms with Crippen LogP contribution >= 0.6 is 11.3 Å². The normalized spacial score (nSPS) is 17.5. The number of nitrogens with one attached hydrogen (secondary N) is 2. The van der Waals surface area contributed by atoms with E-state index in [1.54, 1.807) is 15.8 Å². The number of aryl methyl sites for hydroxylation is 2. The minimum Gasteiger partial charge on any atom is -0.493 e. The van der Waals surface area contributed by atoms with Crippen LogP contribution in [0.2, 0.25) is 25.7 Å². The van der Waals surface area contributed by atoms with Crippen LogP contribution in [0.25, 0.3) is 32.2 Å². The molecule has 1 atom stereocenters. The Labute approximate surface area is 489 Å². The number of pyridine rings is 2. The molecule has 7 heterocycles. The van der Waals surface area contributed by atoms with Crippen LogP contribution in [0, 0.1) is 18.3 Å². The summed E-state index contributed by atoms with van der Waals surface area (Å²) in [4.78, 5) is 87.2. The molecule has 3 aromatic carbocycles. The molecule has 1 spiro atoms. The first-order valence-corrected chi connectivity index (χ1v) is 33.4. The number of anilines is 3. The van der Waals surface area contributed by atoms with Crippen molar-refractivity contribution in [3.8, 4) is 16.9 Å². The minimum absolute atomic E-state index is 0.0514. The van der Waals surface area contributed by atoms with E-state index in [0.717, 1.165) is 93.9 Å². The molecule has 3 fully saturated rings. The van der Waals surface area contributed by atoms with E-state index in [9.17, 15) is 24.0 Å². The molecule has 83 heavy (non-hydrogen) atoms. The van der Waals surface area contributed by atoms with Gasteiger partial charge < -0.3 is 24.4 Å². The summed E-state index contributed by atoms with van der Waals surface area (Å²) in [7, 11) is 0.432. The minimum atomic E-state index is -1.38. The Balaban J connectivity index is 0.711. The number of esters is 1. The molecule has 0 radical (unpaired) electrons. The van der Waals surface area contributed by atoms with Gasteiger partial charge in [0.15, 0.2) is 10.8 Å². The van der Waals surface area contributed by atoms with E-state index < -0.39 is 25.6 Å². The van der Waals surface area contributed by atoms with Crippen molar-refractivity contribution in [3.05, 3.63) is 119 Å². The van der Waals surface area contributed by atoms with Gasteiger partial charge in [-0.2, -0.15) is 5.10 Å². The molecule has 11 rings (SSSR count). The maximum atomic E-state index is 14.8. The highest BCUT2D eigenvalue weighted by Gasteiger charge is 2.46. The van der Waals surface area contributed by atoms with Gasteiger partial charge in [-0.25, -0.2) is 14.8 Å². The van der Waals surface area contributed by atoms with Crippen LogP contribution in [0.4, 0.5) is 16.6 Å². The standard InChI is InChI=1S/C63H74N10O8SSi/c1-39-31-43(80-37-40-33-63(34-40)23-27-71(28-24-63)36-54(75)65-42-13-15-46-50(32-42)70(5)69-55(46)47-18-20-53(74)68-58(47)76)14-16-44(39)45-17-19-52(67-57(45)60(78)81-62(2,3)4)72-26-22-41-21-25-64-56(48(41)35-72)59(77)73(38-79-29-30-83(6,7)8)61-66-49-11-9-10-12-51(49)82-61/h9-17,19,21,25,31-32,40,47H,18,20,22-24,26-30,33-38H2,1-8H3,(H,65,75)(H,68,74,76). The number of thiazole rings is 1. The predicted molar refractivity (Wildman–Crippen MR) is 325 cm³/mol. The summed E-state index contributed by atoms with van der Waals surface area (Å²) in [5.74, 6) is -0.178. The Bertz CT molecular complexity index is 3610. The third kappa shape index (κ3) is 12.9. The van der Waals surface area contributed by atoms with Gasteiger partial charge in [-0.05, 0) is 174 Å². The number of hydrogen-bond acceptors (Lipinski definition) is 15. The number of benzene rings is 3. The number of carbonyl (C=O) groups is 5. The van der Waals surface area contributed by atoms with E-state index in [1.807, 2.05) is 114 Å². The molecule has 0 bridgehead atoms. The zero-order valence-corrected chi connectivity index (χ0v) is 50.6. The van der Waals surface area contributed by atoms with Crippen LogP contribution in [-0.2, 0) is 43.9 Å². The van der Waals surface area contributed by atoms with E-state index in [0.29, 0.717) is 85.2 Å². The van der Waals surface area contributed by atoms with Gasteiger partial charge in [0.2, 0.25) is 17.7 Å². The monoisotopic (exact) mass is 1160 g/mol. The highest BCUT2D eigenvalue weighted by molar-refractivity contribution is 7.22. The Morgan fingerprint density at radius 3 is 2.45 bits per heavy atom. The van der Waals surface area contributed by atoms with Crippen molar-refractivity contribution in [3.63, 3.8) is 0 Å². The summed E-state index contributed by atoms with van der Waals surface area (Å²) in [6, 6.07) is 26.3. The van der Waals surface area contributed by atoms with Gasteiger partial charge in [-0.3, -0.25) is 44.0 Å². The van der Waals surface area contributed by atoms with Crippen LogP contribution in [0.1, 0.15) is 109 Å². The molecule has 434 valence electrons. The molecule has 7 aromatic rings. The van der Waals surface area contributed by atoms with E-state index in [2.05, 4.69) is 45.2 Å². The number of nitrogens with zero attached hydrogens (tertiary/aromatic N) is 8. The Morgan fingerprint density at radius 2 is 1.70 bits per heavy atom. The molecule has 1 aliphatic carbocycles. The fourth-order valence-corrected chi connectivity index (χ4v) is 13.8. The SMILES string of the molecule is Cc1cc(OCC2CC3(CCN(CC(=O)Nc4ccc5c(C6CCC(=O)NC6=O)nn(C)c5c4)CC3)C2)ccc1-c1ccc(N2CCc3ccnc(C(=O)N(COCC[Si](C)(C)C)c4nc5ccccc5s4)c3C2)nc1C(=O)OC(C)(C)C. The van der Waals surface area contributed by atoms with Gasteiger partial charge in [0.05, 0.1) is 40.5 Å². The topological polar surface area (TPSA) is 203 Å². The number of piperidine rings is 2. The summed E-state index contributed by atoms with van der Waals surface area (Å²) in [6.07, 6.45) is 7.28. The maximum absolute atomic E-state index is 14.8. The fourth-order valence-electron chi connectivity index (χ4n) is 12.1. The molecule has 4 aliphatic rings. The number of para-hydroxylation sites is 1. The summed E-state index contributed by atoms with van der Waals surface area (Å²) in [6.45, 7) is 18.6. The third-order valence-electron chi connectivity index (χ3n) is 16.6. The first-order valence-electron chi connectivity index (χ1n) is 28.9. The molecule has 4 aromatic heterocycles. The molecule has 1 saturated carbocycles. The third-order valence-corrected chi connectivity index (χ3v) is 19.3. The van der Waals surface area contributed by atoms with Crippen molar-refractivity contribution in [2.75, 3.05) is 61.2 Å². The molecular formula is C63H74N10O8SSi. The number of amides is 4. The van der Waals surface area contributed by atoms with Crippen molar-refractivity contribution < 1.29 is 38.2 Å². The summed E-state index contributed by atoms with van der Waals surface area (Å²) in [5.41, 5.74) is 7.24. The molecule has 2 N–H and O–H groups in total. The highest BCUT2D eigenvalue weighted by atomic mass is 32.1. The summed E-state index contributed by atoms with van der Waals surface area (Å²) in [5, 5.41) is 11.5. The van der Waals surface area contributed by atoms with E-state index in [4.69, 9.17) is 29.2 Å². The van der Waals surface area contributed by atoms with Gasteiger partial charge >= 0.3 is 5.97 Å². The number of likely N-dealkylation sites (tertiary alicyclic amines) is 1. The van der Waals surface area contributed by atoms with E-state index in [-0.39, 0.29) is 47.9 Å². The lowest BCUT2D eigenvalue weighted by Gasteiger charge is -2.52. The highest BCUT2D eigenvalue weighted by Crippen LogP contribution is 2.52. The number of carbonyl (C=O) groups excluding carboxylic acids is 5. The second-order valence-corrected chi connectivity index (χ2v) is 31.8. The largest absolute Gasteiger partial charge is 0.493 e. The van der Waals surface area contributed by atoms with Crippen molar-refractivity contribution in [2.45, 2.75) is 116 Å². The quantitative estimate of drug-likeness (QED) is 0.0286. The molecule has 1 unspecified atom stereocenters. The number of imide groups is 1. The van der Waals surface area contributed by atoms with Crippen LogP contribution < -0.4 is 25.2 Å². The smallest absolute Gasteiger partial charge is 0.358 e. The van der Waals surface area contributed by atoms with Crippen molar-refractivity contribution in [1.29, 1.82) is 0 Å². The van der Waals surface area contributed by atoms with Gasteiger partial charge in [0.25, 0.3) is 5.91 Å². The first-order chi connectivity index (χ1) is 39.6. The lowest BCUT2D eigenvalue weighted by atomic mass is 9.58. The number of fused-ring (bicyclic) bond motifs is 3. The first kappa shape index (κ1) is 57.4. The zero-order valence-electron chi connectivity index (χ0n) is 48.8. The van der Waals surface area contributed by atoms with Crippen molar-refractivity contribution in [2.24, 2.45) is 18.4 Å². The Hall–Kier alpha value is -7.39. The van der Waals surface area contributed by atoms with Crippen LogP contribution in [0.3, 0.4) is 0 Å². The van der Waals surface area contributed by atoms with Gasteiger partial charge in [0, 0.05) is 69.6 Å². The zero-order chi connectivity index (χ0) is 58.4. The van der Waals surface area contributed by atoms with Crippen molar-refractivity contribution >= 4 is 86.8 Å². The molecule has 3 aliphatic heterocycles. The molecule has 4 amide bonds. The van der Waals surface area contributed by atoms with E-state index >= 15 is 0 Å². The molecule has 2 saturated heterocycles. The number of aromatic nitrogens is 5. The summed E-state index contributed by atoms with van der Waals surface area (Å²) >= 11 is 1.45. The molecule has 20 heteroatoms. The number of ether oxygens (including phenoxy) is 3. The maximum Gasteiger partial charge on any atom is 0.358 e. The Kier molecular flexibility index (Phi) is 16.1. The van der Waals surface area contributed by atoms with Crippen LogP contribution in [0.15, 0.2) is 85.1 Å². The number of hydrogen-bond donors (Lipinski definition) is 2. The lowest BCUT2D eigenvalue weighted by molar-refractivity contribution is -0.134. The fraction of sp³-hybridized carbons (Fsp3) is 0.444. The van der Waals surface area contributed by atoms with Gasteiger partial charge in [-0.1, -0.05) is 49.2 Å².